The number of hydrogen-bond acceptors (Lipinski definition) is 1. The van der Waals surface area contributed by atoms with Gasteiger partial charge in [0.2, 0.25) is 0 Å². The van der Waals surface area contributed by atoms with Gasteiger partial charge in [-0.1, -0.05) is 23.2 Å². The van der Waals surface area contributed by atoms with E-state index in [1.54, 1.807) is 6.07 Å². The molecule has 0 atom stereocenters. The lowest BCUT2D eigenvalue weighted by atomic mass is 10.1. The summed E-state index contributed by atoms with van der Waals surface area (Å²) < 4.78 is 0. The molecule has 12 heavy (non-hydrogen) atoms. The van der Waals surface area contributed by atoms with E-state index in [-0.39, 0.29) is 5.78 Å². The normalized spacial score (nSPS) is 15.0. The molecule has 1 aliphatic carbocycles. The molecule has 1 nitrogen and oxygen atoms in total. The maximum absolute atomic E-state index is 11.1. The number of carbonyl (C=O) groups excluding carboxylic acids is 1. The first-order valence-electron chi connectivity index (χ1n) is 3.65. The van der Waals surface area contributed by atoms with E-state index >= 15 is 0 Å². The molecule has 0 N–H and O–H groups in total. The molecule has 0 aromatic heterocycles. The van der Waals surface area contributed by atoms with Crippen molar-refractivity contribution in [3.63, 3.8) is 0 Å². The summed E-state index contributed by atoms with van der Waals surface area (Å²) in [5.74, 6) is 0.217. The summed E-state index contributed by atoms with van der Waals surface area (Å²) in [6, 6.07) is 3.49. The molecule has 0 unspecified atom stereocenters. The zero-order valence-corrected chi connectivity index (χ0v) is 7.74. The van der Waals surface area contributed by atoms with E-state index in [0.29, 0.717) is 22.9 Å². The van der Waals surface area contributed by atoms with Gasteiger partial charge in [-0.15, -0.1) is 0 Å². The summed E-state index contributed by atoms with van der Waals surface area (Å²) in [6.07, 6.45) is 0.945. The lowest BCUT2D eigenvalue weighted by Gasteiger charge is -2.00. The van der Waals surface area contributed by atoms with Crippen molar-refractivity contribution in [3.05, 3.63) is 33.3 Å². The molecule has 0 spiro atoms. The van der Waals surface area contributed by atoms with Crippen LogP contribution in [-0.2, 0) is 17.6 Å². The Hall–Kier alpha value is -0.530. The Morgan fingerprint density at radius 2 is 1.92 bits per heavy atom. The molecule has 2 rings (SSSR count). The van der Waals surface area contributed by atoms with Gasteiger partial charge >= 0.3 is 0 Å². The number of carbonyl (C=O) groups is 1. The van der Waals surface area contributed by atoms with E-state index in [0.717, 1.165) is 11.1 Å². The minimum absolute atomic E-state index is 0.217. The van der Waals surface area contributed by atoms with Gasteiger partial charge in [-0.05, 0) is 23.3 Å². The molecule has 0 radical (unpaired) electrons. The molecule has 1 aromatic carbocycles. The molecule has 0 amide bonds. The SMILES string of the molecule is O=C1Cc2cc(Cl)cc(Cl)c2C1. The van der Waals surface area contributed by atoms with Crippen LogP contribution in [0.5, 0.6) is 0 Å². The van der Waals surface area contributed by atoms with Crippen LogP contribution in [0.2, 0.25) is 10.0 Å². The lowest BCUT2D eigenvalue weighted by molar-refractivity contribution is -0.117. The third-order valence-electron chi connectivity index (χ3n) is 2.01. The van der Waals surface area contributed by atoms with Crippen LogP contribution in [0.15, 0.2) is 12.1 Å². The van der Waals surface area contributed by atoms with Crippen LogP contribution in [0.4, 0.5) is 0 Å². The second-order valence-corrected chi connectivity index (χ2v) is 3.76. The number of Topliss-reactive ketones (excluding diaryl/α,β-unsaturated/α-hetero) is 1. The van der Waals surface area contributed by atoms with Gasteiger partial charge in [0.05, 0.1) is 0 Å². The van der Waals surface area contributed by atoms with E-state index < -0.39 is 0 Å². The highest BCUT2D eigenvalue weighted by atomic mass is 35.5. The second kappa shape index (κ2) is 2.75. The largest absolute Gasteiger partial charge is 0.299 e. The summed E-state index contributed by atoms with van der Waals surface area (Å²) >= 11 is 11.7. The molecule has 1 aromatic rings. The Labute approximate surface area is 80.3 Å². The number of fused-ring (bicyclic) bond motifs is 1. The minimum Gasteiger partial charge on any atom is -0.299 e. The highest BCUT2D eigenvalue weighted by Crippen LogP contribution is 2.30. The van der Waals surface area contributed by atoms with Crippen molar-refractivity contribution in [1.82, 2.24) is 0 Å². The summed E-state index contributed by atoms with van der Waals surface area (Å²) in [7, 11) is 0. The molecular weight excluding hydrogens is 195 g/mol. The zero-order valence-electron chi connectivity index (χ0n) is 6.23. The molecule has 0 aliphatic heterocycles. The molecular formula is C9H6Cl2O. The number of benzene rings is 1. The average Bonchev–Trinajstić information content (AvgIpc) is 2.29. The van der Waals surface area contributed by atoms with Crippen molar-refractivity contribution in [2.24, 2.45) is 0 Å². The van der Waals surface area contributed by atoms with Crippen molar-refractivity contribution in [1.29, 1.82) is 0 Å². The van der Waals surface area contributed by atoms with Crippen LogP contribution in [0, 0.1) is 0 Å². The Balaban J connectivity index is 2.59. The van der Waals surface area contributed by atoms with Crippen LogP contribution < -0.4 is 0 Å². The monoisotopic (exact) mass is 200 g/mol. The molecule has 1 aliphatic rings. The third-order valence-corrected chi connectivity index (χ3v) is 2.57. The first-order chi connectivity index (χ1) is 5.66. The standard InChI is InChI=1S/C9H6Cl2O/c10-6-1-5-2-7(12)4-8(5)9(11)3-6/h1,3H,2,4H2. The second-order valence-electron chi connectivity index (χ2n) is 2.92. The third kappa shape index (κ3) is 1.23. The molecule has 0 saturated carbocycles. The van der Waals surface area contributed by atoms with Crippen LogP contribution in [0.3, 0.4) is 0 Å². The highest BCUT2D eigenvalue weighted by Gasteiger charge is 2.21. The summed E-state index contributed by atoms with van der Waals surface area (Å²) in [6.45, 7) is 0. The van der Waals surface area contributed by atoms with E-state index in [1.807, 2.05) is 6.07 Å². The molecule has 3 heteroatoms. The van der Waals surface area contributed by atoms with E-state index in [4.69, 9.17) is 23.2 Å². The summed E-state index contributed by atoms with van der Waals surface area (Å²) in [5, 5.41) is 1.22. The number of hydrogen-bond donors (Lipinski definition) is 0. The number of ketones is 1. The Morgan fingerprint density at radius 1 is 1.17 bits per heavy atom. The number of halogens is 2. The van der Waals surface area contributed by atoms with E-state index in [1.165, 1.54) is 0 Å². The van der Waals surface area contributed by atoms with Gasteiger partial charge in [-0.25, -0.2) is 0 Å². The van der Waals surface area contributed by atoms with Gasteiger partial charge in [-0.2, -0.15) is 0 Å². The van der Waals surface area contributed by atoms with Gasteiger partial charge in [0.25, 0.3) is 0 Å². The molecule has 0 heterocycles. The van der Waals surface area contributed by atoms with Crippen molar-refractivity contribution in [3.8, 4) is 0 Å². The zero-order chi connectivity index (χ0) is 8.72. The van der Waals surface area contributed by atoms with Crippen LogP contribution in [-0.4, -0.2) is 5.78 Å². The van der Waals surface area contributed by atoms with Gasteiger partial charge in [0.15, 0.2) is 0 Å². The Kier molecular flexibility index (Phi) is 1.85. The summed E-state index contributed by atoms with van der Waals surface area (Å²) in [4.78, 5) is 11.1. The smallest absolute Gasteiger partial charge is 0.141 e. The Bertz CT molecular complexity index is 358. The van der Waals surface area contributed by atoms with Crippen LogP contribution >= 0.6 is 23.2 Å². The van der Waals surface area contributed by atoms with Crippen molar-refractivity contribution >= 4 is 29.0 Å². The van der Waals surface area contributed by atoms with E-state index in [2.05, 4.69) is 0 Å². The minimum atomic E-state index is 0.217. The average molecular weight is 201 g/mol. The maximum atomic E-state index is 11.1. The van der Waals surface area contributed by atoms with Gasteiger partial charge in [0.1, 0.15) is 5.78 Å². The van der Waals surface area contributed by atoms with Gasteiger partial charge in [0, 0.05) is 22.9 Å². The van der Waals surface area contributed by atoms with Gasteiger partial charge in [-0.3, -0.25) is 4.79 Å². The highest BCUT2D eigenvalue weighted by molar-refractivity contribution is 6.35. The quantitative estimate of drug-likeness (QED) is 0.630. The molecule has 0 bridgehead atoms. The van der Waals surface area contributed by atoms with Crippen LogP contribution in [0.25, 0.3) is 0 Å². The fourth-order valence-electron chi connectivity index (χ4n) is 1.48. The summed E-state index contributed by atoms with van der Waals surface area (Å²) in [5.41, 5.74) is 1.93. The first kappa shape index (κ1) is 8.09. The van der Waals surface area contributed by atoms with Crippen molar-refractivity contribution < 1.29 is 4.79 Å². The first-order valence-corrected chi connectivity index (χ1v) is 4.41. The fraction of sp³-hybridized carbons (Fsp3) is 0.222. The lowest BCUT2D eigenvalue weighted by Crippen LogP contribution is -1.92. The predicted molar refractivity (Wildman–Crippen MR) is 48.9 cm³/mol. The van der Waals surface area contributed by atoms with Crippen molar-refractivity contribution in [2.45, 2.75) is 12.8 Å². The molecule has 62 valence electrons. The maximum Gasteiger partial charge on any atom is 0.141 e. The van der Waals surface area contributed by atoms with Crippen molar-refractivity contribution in [2.75, 3.05) is 0 Å². The number of rotatable bonds is 0. The Morgan fingerprint density at radius 3 is 2.67 bits per heavy atom. The van der Waals surface area contributed by atoms with Gasteiger partial charge < -0.3 is 0 Å². The molecule has 0 fully saturated rings. The predicted octanol–water partition coefficient (Wildman–Crippen LogP) is 2.66. The topological polar surface area (TPSA) is 17.1 Å². The molecule has 0 saturated heterocycles. The van der Waals surface area contributed by atoms with Crippen LogP contribution in [0.1, 0.15) is 11.1 Å². The van der Waals surface area contributed by atoms with E-state index in [9.17, 15) is 4.79 Å². The fourth-order valence-corrected chi connectivity index (χ4v) is 2.09.